The highest BCUT2D eigenvalue weighted by atomic mass is 19.4. The molecule has 3 rings (SSSR count). The first kappa shape index (κ1) is 17.6. The Balaban J connectivity index is 2.30. The maximum atomic E-state index is 13.6. The van der Waals surface area contributed by atoms with Gasteiger partial charge in [0, 0.05) is 23.5 Å². The number of carbonyl (C=O) groups is 2. The van der Waals surface area contributed by atoms with Crippen molar-refractivity contribution in [1.29, 1.82) is 0 Å². The van der Waals surface area contributed by atoms with Crippen LogP contribution >= 0.6 is 0 Å². The highest BCUT2D eigenvalue weighted by Gasteiger charge is 2.62. The number of halogens is 3. The fourth-order valence-corrected chi connectivity index (χ4v) is 2.57. The van der Waals surface area contributed by atoms with Crippen molar-refractivity contribution in [2.24, 2.45) is 0 Å². The van der Waals surface area contributed by atoms with Crippen LogP contribution in [0.15, 0.2) is 60.4 Å². The largest absolute Gasteiger partial charge is 0.441 e. The van der Waals surface area contributed by atoms with E-state index in [4.69, 9.17) is 0 Å². The maximum absolute atomic E-state index is 13.6. The van der Waals surface area contributed by atoms with E-state index in [1.54, 1.807) is 6.07 Å². The third-order valence-corrected chi connectivity index (χ3v) is 3.77. The second-order valence-corrected chi connectivity index (χ2v) is 5.47. The fourth-order valence-electron chi connectivity index (χ4n) is 2.57. The van der Waals surface area contributed by atoms with E-state index in [9.17, 15) is 27.9 Å². The van der Waals surface area contributed by atoms with E-state index in [1.807, 2.05) is 0 Å². The van der Waals surface area contributed by atoms with Crippen LogP contribution in [0.4, 0.5) is 18.0 Å². The minimum absolute atomic E-state index is 0.0457. The van der Waals surface area contributed by atoms with Crippen LogP contribution < -0.4 is 10.6 Å². The van der Waals surface area contributed by atoms with Crippen molar-refractivity contribution in [3.8, 4) is 0 Å². The molecule has 1 unspecified atom stereocenters. The second-order valence-electron chi connectivity index (χ2n) is 5.47. The van der Waals surface area contributed by atoms with Crippen LogP contribution in [0.3, 0.4) is 0 Å². The average molecular weight is 363 g/mol. The van der Waals surface area contributed by atoms with Crippen LogP contribution in [0.25, 0.3) is 5.70 Å². The summed E-state index contributed by atoms with van der Waals surface area (Å²) in [5, 5.41) is 13.9. The number of nitrogens with one attached hydrogen (secondary N) is 2. The van der Waals surface area contributed by atoms with Gasteiger partial charge in [-0.3, -0.25) is 15.1 Å². The molecule has 1 atom stereocenters. The molecular formula is C17H12F3N3O3. The quantitative estimate of drug-likeness (QED) is 0.730. The number of hydrogen-bond acceptors (Lipinski definition) is 4. The van der Waals surface area contributed by atoms with Crippen LogP contribution in [0.5, 0.6) is 0 Å². The summed E-state index contributed by atoms with van der Waals surface area (Å²) in [6, 6.07) is 8.64. The Labute approximate surface area is 145 Å². The van der Waals surface area contributed by atoms with Crippen LogP contribution in [-0.2, 0) is 0 Å². The van der Waals surface area contributed by atoms with Crippen LogP contribution in [0, 0.1) is 0 Å². The number of urea groups is 1. The van der Waals surface area contributed by atoms with E-state index in [2.05, 4.69) is 10.3 Å². The van der Waals surface area contributed by atoms with Crippen molar-refractivity contribution in [3.63, 3.8) is 0 Å². The van der Waals surface area contributed by atoms with E-state index in [0.717, 1.165) is 0 Å². The summed E-state index contributed by atoms with van der Waals surface area (Å²) in [5.74, 6) is -1.09. The number of Topliss-reactive ketones (excluding diaryl/α,β-unsaturated/α-hetero) is 1. The van der Waals surface area contributed by atoms with E-state index >= 15 is 0 Å². The van der Waals surface area contributed by atoms with Crippen LogP contribution in [0.2, 0.25) is 0 Å². The predicted molar refractivity (Wildman–Crippen MR) is 84.6 cm³/mol. The van der Waals surface area contributed by atoms with Gasteiger partial charge in [-0.2, -0.15) is 13.2 Å². The van der Waals surface area contributed by atoms with Gasteiger partial charge < -0.3 is 10.4 Å². The lowest BCUT2D eigenvalue weighted by Crippen LogP contribution is -2.66. The minimum Gasteiger partial charge on any atom is -0.360 e. The Bertz CT molecular complexity index is 882. The Kier molecular flexibility index (Phi) is 4.25. The van der Waals surface area contributed by atoms with Gasteiger partial charge in [0.1, 0.15) is 0 Å². The summed E-state index contributed by atoms with van der Waals surface area (Å²) in [6.45, 7) is 0. The number of hydrogen-bond donors (Lipinski definition) is 3. The first-order valence-electron chi connectivity index (χ1n) is 7.37. The summed E-state index contributed by atoms with van der Waals surface area (Å²) in [4.78, 5) is 28.4. The summed E-state index contributed by atoms with van der Waals surface area (Å²) in [5.41, 5.74) is -5.39. The summed E-state index contributed by atoms with van der Waals surface area (Å²) >= 11 is 0. The zero-order chi connectivity index (χ0) is 18.9. The fraction of sp³-hybridized carbons (Fsp3) is 0.118. The molecule has 134 valence electrons. The molecule has 1 aliphatic heterocycles. The molecule has 0 aliphatic carbocycles. The Hall–Kier alpha value is -3.20. The lowest BCUT2D eigenvalue weighted by molar-refractivity contribution is -0.250. The second kappa shape index (κ2) is 6.26. The maximum Gasteiger partial charge on any atom is 0.441 e. The Morgan fingerprint density at radius 1 is 1.12 bits per heavy atom. The van der Waals surface area contributed by atoms with Crippen molar-refractivity contribution < 1.29 is 27.9 Å². The molecule has 2 amide bonds. The molecule has 0 bridgehead atoms. The van der Waals surface area contributed by atoms with Crippen molar-refractivity contribution >= 4 is 17.5 Å². The van der Waals surface area contributed by atoms with Gasteiger partial charge in [0.15, 0.2) is 5.78 Å². The summed E-state index contributed by atoms with van der Waals surface area (Å²) < 4.78 is 40.9. The minimum atomic E-state index is -5.34. The Morgan fingerprint density at radius 3 is 2.38 bits per heavy atom. The number of carbonyl (C=O) groups excluding carboxylic acids is 2. The zero-order valence-corrected chi connectivity index (χ0v) is 13.0. The van der Waals surface area contributed by atoms with Gasteiger partial charge in [-0.25, -0.2) is 4.79 Å². The molecule has 1 aromatic carbocycles. The third-order valence-electron chi connectivity index (χ3n) is 3.77. The molecule has 0 saturated carbocycles. The number of aromatic nitrogens is 1. The molecule has 26 heavy (non-hydrogen) atoms. The average Bonchev–Trinajstić information content (AvgIpc) is 2.61. The molecule has 6 nitrogen and oxygen atoms in total. The molecule has 0 spiro atoms. The van der Waals surface area contributed by atoms with Gasteiger partial charge in [0.05, 0.1) is 11.3 Å². The SMILES string of the molecule is O=C1NC(c2cccnc2)=C(C(=O)c2ccccc2)C(O)(C(F)(F)F)N1. The van der Waals surface area contributed by atoms with E-state index in [0.29, 0.717) is 0 Å². The number of aliphatic hydroxyl groups is 1. The highest BCUT2D eigenvalue weighted by molar-refractivity contribution is 6.16. The first-order valence-corrected chi connectivity index (χ1v) is 7.37. The topological polar surface area (TPSA) is 91.3 Å². The van der Waals surface area contributed by atoms with Crippen molar-refractivity contribution in [1.82, 2.24) is 15.6 Å². The van der Waals surface area contributed by atoms with Crippen LogP contribution in [-0.4, -0.2) is 33.8 Å². The van der Waals surface area contributed by atoms with Gasteiger partial charge in [0.25, 0.3) is 5.72 Å². The molecule has 9 heteroatoms. The van der Waals surface area contributed by atoms with Gasteiger partial charge in [-0.05, 0) is 12.1 Å². The molecule has 2 heterocycles. The van der Waals surface area contributed by atoms with Crippen molar-refractivity contribution in [2.45, 2.75) is 11.9 Å². The van der Waals surface area contributed by atoms with E-state index in [1.165, 1.54) is 54.1 Å². The molecule has 1 aromatic heterocycles. The number of alkyl halides is 3. The lowest BCUT2D eigenvalue weighted by Gasteiger charge is -2.37. The number of rotatable bonds is 3. The zero-order valence-electron chi connectivity index (χ0n) is 13.0. The van der Waals surface area contributed by atoms with Crippen molar-refractivity contribution in [3.05, 3.63) is 71.6 Å². The molecule has 3 N–H and O–H groups in total. The molecule has 0 saturated heterocycles. The van der Waals surface area contributed by atoms with Gasteiger partial charge in [-0.1, -0.05) is 30.3 Å². The monoisotopic (exact) mass is 363 g/mol. The summed E-state index contributed by atoms with van der Waals surface area (Å²) in [6.07, 6.45) is -2.78. The number of nitrogens with zero attached hydrogens (tertiary/aromatic N) is 1. The van der Waals surface area contributed by atoms with Gasteiger partial charge in [-0.15, -0.1) is 0 Å². The van der Waals surface area contributed by atoms with Crippen LogP contribution in [0.1, 0.15) is 15.9 Å². The number of amides is 2. The molecular weight excluding hydrogens is 351 g/mol. The number of pyridine rings is 1. The smallest absolute Gasteiger partial charge is 0.360 e. The molecule has 2 aromatic rings. The highest BCUT2D eigenvalue weighted by Crippen LogP contribution is 2.40. The molecule has 1 aliphatic rings. The first-order chi connectivity index (χ1) is 12.2. The lowest BCUT2D eigenvalue weighted by atomic mass is 9.88. The third kappa shape index (κ3) is 2.93. The number of benzene rings is 1. The van der Waals surface area contributed by atoms with Gasteiger partial charge >= 0.3 is 12.2 Å². The Morgan fingerprint density at radius 2 is 1.81 bits per heavy atom. The normalized spacial score (nSPS) is 20.4. The summed E-state index contributed by atoms with van der Waals surface area (Å²) in [7, 11) is 0. The number of ketones is 1. The van der Waals surface area contributed by atoms with Gasteiger partial charge in [0.2, 0.25) is 0 Å². The van der Waals surface area contributed by atoms with E-state index < -0.39 is 35.0 Å². The molecule has 0 fully saturated rings. The van der Waals surface area contributed by atoms with Crippen molar-refractivity contribution in [2.75, 3.05) is 0 Å². The predicted octanol–water partition coefficient (Wildman–Crippen LogP) is 2.24. The standard InChI is InChI=1S/C17H12F3N3O3/c18-17(19,20)16(26)12(14(24)10-5-2-1-3-6-10)13(22-15(25)23-16)11-7-4-8-21-9-11/h1-9,26H,(H2,22,23,25). The van der Waals surface area contributed by atoms with E-state index in [-0.39, 0.29) is 11.1 Å². The molecule has 0 radical (unpaired) electrons.